The number of hydrogen-bond acceptors (Lipinski definition) is 4. The molecule has 1 rings (SSSR count). The number of carbonyl (C=O) groups excluding carboxylic acids is 1. The van der Waals surface area contributed by atoms with E-state index in [1.54, 1.807) is 12.1 Å². The third-order valence-corrected chi connectivity index (χ3v) is 4.55. The molecule has 0 atom stereocenters. The Morgan fingerprint density at radius 1 is 1.09 bits per heavy atom. The Balaban J connectivity index is 2.93. The lowest BCUT2D eigenvalue weighted by atomic mass is 10.2. The summed E-state index contributed by atoms with van der Waals surface area (Å²) in [6.07, 6.45) is 1.17. The smallest absolute Gasteiger partial charge is 0.232 e. The van der Waals surface area contributed by atoms with Crippen molar-refractivity contribution < 1.29 is 13.2 Å². The van der Waals surface area contributed by atoms with Crippen molar-refractivity contribution in [3.05, 3.63) is 24.3 Å². The minimum Gasteiger partial charge on any atom is -0.372 e. The number of benzene rings is 1. The average molecular weight is 327 g/mol. The summed E-state index contributed by atoms with van der Waals surface area (Å²) in [4.78, 5) is 13.1. The van der Waals surface area contributed by atoms with Crippen molar-refractivity contribution in [3.63, 3.8) is 0 Å². The zero-order valence-electron chi connectivity index (χ0n) is 13.7. The Morgan fingerprint density at radius 2 is 1.59 bits per heavy atom. The van der Waals surface area contributed by atoms with Crippen LogP contribution < -0.4 is 14.5 Å². The standard InChI is InChI=1S/C15H25N3O3S/c1-5-17(6-2)14-7-9-15(10-8-14)18(22(4,20)21)12-11-16-13(3)19/h7-10H,5-6,11-12H2,1-4H3,(H,16,19). The zero-order valence-corrected chi connectivity index (χ0v) is 14.5. The SMILES string of the molecule is CCN(CC)c1ccc(N(CCNC(C)=O)S(C)(=O)=O)cc1. The van der Waals surface area contributed by atoms with E-state index in [9.17, 15) is 13.2 Å². The number of nitrogens with zero attached hydrogens (tertiary/aromatic N) is 2. The summed E-state index contributed by atoms with van der Waals surface area (Å²) >= 11 is 0. The van der Waals surface area contributed by atoms with Gasteiger partial charge in [0.05, 0.1) is 18.5 Å². The number of nitrogens with one attached hydrogen (secondary N) is 1. The molecule has 0 unspecified atom stereocenters. The van der Waals surface area contributed by atoms with Crippen LogP contribution in [0.4, 0.5) is 11.4 Å². The molecule has 0 aliphatic rings. The number of anilines is 2. The molecule has 1 aromatic carbocycles. The number of sulfonamides is 1. The molecule has 0 spiro atoms. The lowest BCUT2D eigenvalue weighted by Crippen LogP contribution is -2.37. The van der Waals surface area contributed by atoms with E-state index in [0.717, 1.165) is 18.8 Å². The van der Waals surface area contributed by atoms with E-state index >= 15 is 0 Å². The lowest BCUT2D eigenvalue weighted by molar-refractivity contribution is -0.118. The van der Waals surface area contributed by atoms with Gasteiger partial charge in [0.15, 0.2) is 0 Å². The number of hydrogen-bond donors (Lipinski definition) is 1. The molecule has 1 amide bonds. The van der Waals surface area contributed by atoms with Gasteiger partial charge >= 0.3 is 0 Å². The van der Waals surface area contributed by atoms with E-state index in [0.29, 0.717) is 5.69 Å². The number of carbonyl (C=O) groups is 1. The van der Waals surface area contributed by atoms with Crippen molar-refractivity contribution in [1.82, 2.24) is 5.32 Å². The molecule has 0 saturated heterocycles. The Morgan fingerprint density at radius 3 is 2.00 bits per heavy atom. The molecule has 6 nitrogen and oxygen atoms in total. The zero-order chi connectivity index (χ0) is 16.8. The van der Waals surface area contributed by atoms with Gasteiger partial charge in [-0.25, -0.2) is 8.42 Å². The van der Waals surface area contributed by atoms with Gasteiger partial charge in [0.25, 0.3) is 0 Å². The second-order valence-corrected chi connectivity index (χ2v) is 6.91. The number of rotatable bonds is 8. The second kappa shape index (κ2) is 8.03. The molecule has 0 saturated carbocycles. The minimum atomic E-state index is -3.39. The molecule has 22 heavy (non-hydrogen) atoms. The maximum Gasteiger partial charge on any atom is 0.232 e. The minimum absolute atomic E-state index is 0.176. The fourth-order valence-corrected chi connectivity index (χ4v) is 3.17. The van der Waals surface area contributed by atoms with Crippen LogP contribution in [0.2, 0.25) is 0 Å². The molecule has 1 N–H and O–H groups in total. The molecule has 0 aliphatic carbocycles. The summed E-state index contributed by atoms with van der Waals surface area (Å²) in [5.74, 6) is -0.176. The highest BCUT2D eigenvalue weighted by molar-refractivity contribution is 7.92. The van der Waals surface area contributed by atoms with Crippen LogP contribution in [0.3, 0.4) is 0 Å². The molecule has 7 heteroatoms. The summed E-state index contributed by atoms with van der Waals surface area (Å²) in [6, 6.07) is 7.42. The predicted octanol–water partition coefficient (Wildman–Crippen LogP) is 1.43. The van der Waals surface area contributed by atoms with Gasteiger partial charge in [-0.3, -0.25) is 9.10 Å². The lowest BCUT2D eigenvalue weighted by Gasteiger charge is -2.25. The first-order valence-corrected chi connectivity index (χ1v) is 9.21. The summed E-state index contributed by atoms with van der Waals surface area (Å²) in [7, 11) is -3.39. The van der Waals surface area contributed by atoms with Crippen molar-refractivity contribution in [1.29, 1.82) is 0 Å². The van der Waals surface area contributed by atoms with Gasteiger partial charge in [0.2, 0.25) is 15.9 Å². The Labute approximate surface area is 133 Å². The van der Waals surface area contributed by atoms with Crippen LogP contribution in [0.25, 0.3) is 0 Å². The van der Waals surface area contributed by atoms with Crippen molar-refractivity contribution in [2.45, 2.75) is 20.8 Å². The van der Waals surface area contributed by atoms with E-state index in [-0.39, 0.29) is 19.0 Å². The van der Waals surface area contributed by atoms with Gasteiger partial charge < -0.3 is 10.2 Å². The summed E-state index contributed by atoms with van der Waals surface area (Å²) in [5, 5.41) is 2.61. The first-order valence-electron chi connectivity index (χ1n) is 7.36. The van der Waals surface area contributed by atoms with Crippen LogP contribution in [-0.2, 0) is 14.8 Å². The Hall–Kier alpha value is -1.76. The van der Waals surface area contributed by atoms with Crippen LogP contribution in [0, 0.1) is 0 Å². The van der Waals surface area contributed by atoms with Crippen molar-refractivity contribution in [3.8, 4) is 0 Å². The molecule has 1 aromatic rings. The summed E-state index contributed by atoms with van der Waals surface area (Å²) in [5.41, 5.74) is 1.66. The van der Waals surface area contributed by atoms with E-state index in [4.69, 9.17) is 0 Å². The van der Waals surface area contributed by atoms with Crippen molar-refractivity contribution >= 4 is 27.3 Å². The van der Waals surface area contributed by atoms with E-state index in [2.05, 4.69) is 24.1 Å². The first-order chi connectivity index (χ1) is 10.3. The third kappa shape index (κ3) is 5.22. The molecular formula is C15H25N3O3S. The third-order valence-electron chi connectivity index (χ3n) is 3.36. The molecule has 0 aromatic heterocycles. The predicted molar refractivity (Wildman–Crippen MR) is 90.9 cm³/mol. The normalized spacial score (nSPS) is 11.1. The molecule has 0 aliphatic heterocycles. The monoisotopic (exact) mass is 327 g/mol. The van der Waals surface area contributed by atoms with E-state index in [1.165, 1.54) is 17.5 Å². The van der Waals surface area contributed by atoms with Gasteiger partial charge in [0.1, 0.15) is 0 Å². The first kappa shape index (κ1) is 18.3. The molecular weight excluding hydrogens is 302 g/mol. The van der Waals surface area contributed by atoms with Crippen LogP contribution >= 0.6 is 0 Å². The van der Waals surface area contributed by atoms with E-state index < -0.39 is 10.0 Å². The van der Waals surface area contributed by atoms with Crippen LogP contribution in [0.1, 0.15) is 20.8 Å². The largest absolute Gasteiger partial charge is 0.372 e. The van der Waals surface area contributed by atoms with Crippen LogP contribution in [-0.4, -0.2) is 46.8 Å². The fourth-order valence-electron chi connectivity index (χ4n) is 2.24. The van der Waals surface area contributed by atoms with Gasteiger partial charge in [-0.15, -0.1) is 0 Å². The maximum atomic E-state index is 11.9. The summed E-state index contributed by atoms with van der Waals surface area (Å²) in [6.45, 7) is 7.84. The maximum absolute atomic E-state index is 11.9. The van der Waals surface area contributed by atoms with Gasteiger partial charge in [-0.1, -0.05) is 0 Å². The van der Waals surface area contributed by atoms with Crippen LogP contribution in [0.15, 0.2) is 24.3 Å². The molecule has 0 bridgehead atoms. The summed E-state index contributed by atoms with van der Waals surface area (Å²) < 4.78 is 25.2. The highest BCUT2D eigenvalue weighted by Crippen LogP contribution is 2.22. The van der Waals surface area contributed by atoms with Crippen molar-refractivity contribution in [2.24, 2.45) is 0 Å². The van der Waals surface area contributed by atoms with Crippen LogP contribution in [0.5, 0.6) is 0 Å². The van der Waals surface area contributed by atoms with Gasteiger partial charge in [0, 0.05) is 32.2 Å². The van der Waals surface area contributed by atoms with E-state index in [1.807, 2.05) is 12.1 Å². The average Bonchev–Trinajstić information content (AvgIpc) is 2.44. The molecule has 0 fully saturated rings. The Bertz CT molecular complexity index is 581. The second-order valence-electron chi connectivity index (χ2n) is 5.01. The molecule has 0 heterocycles. The van der Waals surface area contributed by atoms with Gasteiger partial charge in [-0.05, 0) is 38.1 Å². The molecule has 124 valence electrons. The molecule has 0 radical (unpaired) electrons. The fraction of sp³-hybridized carbons (Fsp3) is 0.533. The topological polar surface area (TPSA) is 69.7 Å². The highest BCUT2D eigenvalue weighted by Gasteiger charge is 2.17. The Kier molecular flexibility index (Phi) is 6.67. The van der Waals surface area contributed by atoms with Crippen molar-refractivity contribution in [2.75, 3.05) is 41.6 Å². The number of amides is 1. The quantitative estimate of drug-likeness (QED) is 0.784. The van der Waals surface area contributed by atoms with Gasteiger partial charge in [-0.2, -0.15) is 0 Å². The highest BCUT2D eigenvalue weighted by atomic mass is 32.2.